The third kappa shape index (κ3) is 3.54. The van der Waals surface area contributed by atoms with Crippen LogP contribution in [0.2, 0.25) is 0 Å². The number of aromatic nitrogens is 2. The second kappa shape index (κ2) is 6.36. The molecule has 0 fully saturated rings. The zero-order valence-electron chi connectivity index (χ0n) is 10.7. The molecule has 0 saturated heterocycles. The fourth-order valence-electron chi connectivity index (χ4n) is 1.68. The first-order chi connectivity index (χ1) is 8.10. The smallest absolute Gasteiger partial charge is 0.268 e. The van der Waals surface area contributed by atoms with E-state index in [2.05, 4.69) is 22.3 Å². The van der Waals surface area contributed by atoms with E-state index in [0.29, 0.717) is 12.1 Å². The number of carbonyl (C=O) groups excluding carboxylic acids is 1. The number of aryl methyl sites for hydroxylation is 1. The molecule has 0 aliphatic carbocycles. The number of nitrogen functional groups attached to an aromatic ring is 1. The fourth-order valence-corrected chi connectivity index (χ4v) is 1.68. The number of nitrogens with one attached hydrogen (secondary N) is 1. The van der Waals surface area contributed by atoms with Gasteiger partial charge >= 0.3 is 0 Å². The number of hydrogen-bond donors (Lipinski definition) is 2. The van der Waals surface area contributed by atoms with Crippen molar-refractivity contribution in [2.24, 2.45) is 12.9 Å². The van der Waals surface area contributed by atoms with Crippen LogP contribution in [0.4, 0.5) is 0 Å². The Morgan fingerprint density at radius 3 is 2.94 bits per heavy atom. The van der Waals surface area contributed by atoms with Gasteiger partial charge in [-0.3, -0.25) is 14.9 Å². The summed E-state index contributed by atoms with van der Waals surface area (Å²) in [6.07, 6.45) is 3.85. The van der Waals surface area contributed by atoms with Crippen molar-refractivity contribution in [3.8, 4) is 0 Å². The van der Waals surface area contributed by atoms with Gasteiger partial charge in [-0.25, -0.2) is 5.84 Å². The van der Waals surface area contributed by atoms with Gasteiger partial charge in [-0.15, -0.1) is 0 Å². The van der Waals surface area contributed by atoms with Gasteiger partial charge in [-0.2, -0.15) is 5.10 Å². The zero-order valence-corrected chi connectivity index (χ0v) is 10.7. The molecule has 96 valence electrons. The highest BCUT2D eigenvalue weighted by Crippen LogP contribution is 2.10. The third-order valence-electron chi connectivity index (χ3n) is 2.75. The molecule has 0 bridgehead atoms. The van der Waals surface area contributed by atoms with Crippen molar-refractivity contribution in [3.05, 3.63) is 17.5 Å². The Hall–Kier alpha value is -1.40. The normalized spacial score (nSPS) is 10.9. The standard InChI is InChI=1S/C11H21N5O/c1-4-5-6-15(2)8-10-9(11(17)14-12)7-13-16(10)3/h7H,4-6,8,12H2,1-3H3,(H,14,17). The molecule has 0 radical (unpaired) electrons. The maximum Gasteiger partial charge on any atom is 0.268 e. The van der Waals surface area contributed by atoms with E-state index < -0.39 is 0 Å². The topological polar surface area (TPSA) is 76.2 Å². The van der Waals surface area contributed by atoms with E-state index in [1.165, 1.54) is 0 Å². The van der Waals surface area contributed by atoms with Crippen molar-refractivity contribution < 1.29 is 4.79 Å². The highest BCUT2D eigenvalue weighted by molar-refractivity contribution is 5.94. The predicted octanol–water partition coefficient (Wildman–Crippen LogP) is 0.256. The Morgan fingerprint density at radius 2 is 2.35 bits per heavy atom. The van der Waals surface area contributed by atoms with Crippen LogP contribution >= 0.6 is 0 Å². The largest absolute Gasteiger partial charge is 0.301 e. The van der Waals surface area contributed by atoms with Gasteiger partial charge in [-0.1, -0.05) is 13.3 Å². The van der Waals surface area contributed by atoms with Crippen LogP contribution in [0, 0.1) is 0 Å². The van der Waals surface area contributed by atoms with Gasteiger partial charge in [0.15, 0.2) is 0 Å². The molecule has 0 saturated carbocycles. The first kappa shape index (κ1) is 13.7. The van der Waals surface area contributed by atoms with Crippen molar-refractivity contribution in [2.45, 2.75) is 26.3 Å². The maximum atomic E-state index is 11.5. The molecule has 0 spiro atoms. The van der Waals surface area contributed by atoms with E-state index in [4.69, 9.17) is 5.84 Å². The summed E-state index contributed by atoms with van der Waals surface area (Å²) in [6, 6.07) is 0. The van der Waals surface area contributed by atoms with E-state index in [1.54, 1.807) is 10.9 Å². The number of hydrogen-bond acceptors (Lipinski definition) is 4. The van der Waals surface area contributed by atoms with Gasteiger partial charge in [0, 0.05) is 13.6 Å². The van der Waals surface area contributed by atoms with Gasteiger partial charge in [-0.05, 0) is 20.0 Å². The Morgan fingerprint density at radius 1 is 1.65 bits per heavy atom. The van der Waals surface area contributed by atoms with Crippen molar-refractivity contribution in [3.63, 3.8) is 0 Å². The van der Waals surface area contributed by atoms with Gasteiger partial charge in [0.25, 0.3) is 5.91 Å². The lowest BCUT2D eigenvalue weighted by atomic mass is 10.2. The van der Waals surface area contributed by atoms with Crippen molar-refractivity contribution in [1.29, 1.82) is 0 Å². The van der Waals surface area contributed by atoms with Crippen molar-refractivity contribution in [2.75, 3.05) is 13.6 Å². The number of rotatable bonds is 6. The minimum atomic E-state index is -0.294. The molecule has 0 aliphatic heterocycles. The van der Waals surface area contributed by atoms with Crippen LogP contribution < -0.4 is 11.3 Å². The van der Waals surface area contributed by atoms with E-state index in [0.717, 1.165) is 25.1 Å². The number of unbranched alkanes of at least 4 members (excludes halogenated alkanes) is 1. The van der Waals surface area contributed by atoms with Crippen LogP contribution in [0.25, 0.3) is 0 Å². The van der Waals surface area contributed by atoms with Crippen molar-refractivity contribution in [1.82, 2.24) is 20.1 Å². The number of carbonyl (C=O) groups is 1. The lowest BCUT2D eigenvalue weighted by molar-refractivity contribution is 0.0951. The number of amides is 1. The summed E-state index contributed by atoms with van der Waals surface area (Å²) in [5.41, 5.74) is 3.56. The molecule has 6 heteroatoms. The summed E-state index contributed by atoms with van der Waals surface area (Å²) in [5, 5.41) is 4.09. The number of nitrogens with two attached hydrogens (primary N) is 1. The second-order valence-electron chi connectivity index (χ2n) is 4.19. The molecule has 1 aromatic rings. The van der Waals surface area contributed by atoms with Crippen LogP contribution in [0.5, 0.6) is 0 Å². The Bertz CT molecular complexity index is 374. The van der Waals surface area contributed by atoms with E-state index in [1.807, 2.05) is 14.1 Å². The highest BCUT2D eigenvalue weighted by atomic mass is 16.2. The number of hydrazine groups is 1. The summed E-state index contributed by atoms with van der Waals surface area (Å²) in [6.45, 7) is 3.86. The molecule has 0 aliphatic rings. The van der Waals surface area contributed by atoms with Crippen LogP contribution in [-0.2, 0) is 13.6 Å². The van der Waals surface area contributed by atoms with E-state index >= 15 is 0 Å². The molecule has 17 heavy (non-hydrogen) atoms. The lowest BCUT2D eigenvalue weighted by Crippen LogP contribution is -2.31. The molecule has 0 aromatic carbocycles. The molecule has 1 amide bonds. The summed E-state index contributed by atoms with van der Waals surface area (Å²) in [5.74, 6) is 4.85. The first-order valence-electron chi connectivity index (χ1n) is 5.80. The summed E-state index contributed by atoms with van der Waals surface area (Å²) in [4.78, 5) is 13.7. The van der Waals surface area contributed by atoms with Crippen LogP contribution in [-0.4, -0.2) is 34.2 Å². The SMILES string of the molecule is CCCCN(C)Cc1c(C(=O)NN)cnn1C. The second-order valence-corrected chi connectivity index (χ2v) is 4.19. The first-order valence-corrected chi connectivity index (χ1v) is 5.80. The monoisotopic (exact) mass is 239 g/mol. The fraction of sp³-hybridized carbons (Fsp3) is 0.636. The average molecular weight is 239 g/mol. The third-order valence-corrected chi connectivity index (χ3v) is 2.75. The molecule has 1 rings (SSSR count). The predicted molar refractivity (Wildman–Crippen MR) is 66.1 cm³/mol. The molecule has 1 heterocycles. The van der Waals surface area contributed by atoms with Gasteiger partial charge < -0.3 is 4.90 Å². The van der Waals surface area contributed by atoms with Gasteiger partial charge in [0.05, 0.1) is 17.5 Å². The van der Waals surface area contributed by atoms with E-state index in [9.17, 15) is 4.79 Å². The molecular formula is C11H21N5O. The summed E-state index contributed by atoms with van der Waals surface area (Å²) < 4.78 is 1.72. The quantitative estimate of drug-likeness (QED) is 0.424. The maximum absolute atomic E-state index is 11.5. The average Bonchev–Trinajstić information content (AvgIpc) is 2.67. The van der Waals surface area contributed by atoms with E-state index in [-0.39, 0.29) is 5.91 Å². The van der Waals surface area contributed by atoms with Crippen LogP contribution in [0.3, 0.4) is 0 Å². The molecule has 0 atom stereocenters. The Balaban J connectivity index is 2.75. The van der Waals surface area contributed by atoms with Gasteiger partial charge in [0.1, 0.15) is 0 Å². The molecule has 6 nitrogen and oxygen atoms in total. The van der Waals surface area contributed by atoms with Crippen LogP contribution in [0.1, 0.15) is 35.8 Å². The lowest BCUT2D eigenvalue weighted by Gasteiger charge is -2.17. The number of nitrogens with zero attached hydrogens (tertiary/aromatic N) is 3. The van der Waals surface area contributed by atoms with Gasteiger partial charge in [0.2, 0.25) is 0 Å². The molecular weight excluding hydrogens is 218 g/mol. The molecule has 3 N–H and O–H groups in total. The Kier molecular flexibility index (Phi) is 5.11. The highest BCUT2D eigenvalue weighted by Gasteiger charge is 2.16. The minimum absolute atomic E-state index is 0.294. The summed E-state index contributed by atoms with van der Waals surface area (Å²) in [7, 11) is 3.86. The zero-order chi connectivity index (χ0) is 12.8. The van der Waals surface area contributed by atoms with Crippen LogP contribution in [0.15, 0.2) is 6.20 Å². The minimum Gasteiger partial charge on any atom is -0.301 e. The summed E-state index contributed by atoms with van der Waals surface area (Å²) >= 11 is 0. The molecule has 1 aromatic heterocycles. The van der Waals surface area contributed by atoms with Crippen molar-refractivity contribution >= 4 is 5.91 Å². The molecule has 0 unspecified atom stereocenters. The Labute approximate surface area is 102 Å².